The van der Waals surface area contributed by atoms with E-state index in [0.717, 1.165) is 10.6 Å². The van der Waals surface area contributed by atoms with E-state index in [9.17, 15) is 12.8 Å². The highest BCUT2D eigenvalue weighted by molar-refractivity contribution is 7.89. The summed E-state index contributed by atoms with van der Waals surface area (Å²) in [5.74, 6) is 0. The molecule has 0 aromatic carbocycles. The molecule has 1 aromatic heterocycles. The molecule has 0 aliphatic rings. The average molecular weight is 207 g/mol. The van der Waals surface area contributed by atoms with Gasteiger partial charge in [-0.05, 0) is 6.07 Å². The molecule has 0 saturated carbocycles. The summed E-state index contributed by atoms with van der Waals surface area (Å²) in [4.78, 5) is 0.0449. The highest BCUT2D eigenvalue weighted by atomic mass is 32.2. The first-order chi connectivity index (χ1) is 6.09. The largest absolute Gasteiger partial charge is 0.471 e. The van der Waals surface area contributed by atoms with Crippen molar-refractivity contribution >= 4 is 10.0 Å². The van der Waals surface area contributed by atoms with Crippen molar-refractivity contribution in [2.45, 2.75) is 4.90 Å². The van der Waals surface area contributed by atoms with E-state index in [0.29, 0.717) is 0 Å². The fourth-order valence-electron chi connectivity index (χ4n) is 0.818. The van der Waals surface area contributed by atoms with Crippen molar-refractivity contribution in [1.82, 2.24) is 4.31 Å². The summed E-state index contributed by atoms with van der Waals surface area (Å²) in [5.41, 5.74) is 0. The third-order valence-electron chi connectivity index (χ3n) is 1.60. The van der Waals surface area contributed by atoms with Crippen LogP contribution in [0.1, 0.15) is 0 Å². The van der Waals surface area contributed by atoms with Crippen molar-refractivity contribution < 1.29 is 17.2 Å². The number of rotatable bonds is 4. The van der Waals surface area contributed by atoms with Crippen molar-refractivity contribution in [3.8, 4) is 0 Å². The molecule has 4 nitrogen and oxygen atoms in total. The molecule has 0 spiro atoms. The maximum Gasteiger partial charge on any atom is 0.246 e. The van der Waals surface area contributed by atoms with Gasteiger partial charge in [-0.1, -0.05) is 0 Å². The second kappa shape index (κ2) is 3.89. The number of furan rings is 1. The van der Waals surface area contributed by atoms with Crippen LogP contribution < -0.4 is 0 Å². The van der Waals surface area contributed by atoms with E-state index in [1.807, 2.05) is 0 Å². The number of hydrogen-bond donors (Lipinski definition) is 0. The zero-order valence-corrected chi connectivity index (χ0v) is 7.92. The topological polar surface area (TPSA) is 50.5 Å². The Balaban J connectivity index is 2.90. The summed E-state index contributed by atoms with van der Waals surface area (Å²) in [7, 11) is -2.24. The van der Waals surface area contributed by atoms with Crippen LogP contribution in [0.25, 0.3) is 0 Å². The highest BCUT2D eigenvalue weighted by Crippen LogP contribution is 2.13. The van der Waals surface area contributed by atoms with Crippen LogP contribution in [0, 0.1) is 0 Å². The lowest BCUT2D eigenvalue weighted by molar-refractivity contribution is 0.394. The van der Waals surface area contributed by atoms with E-state index in [1.165, 1.54) is 19.4 Å². The molecular formula is C7H10FNO3S. The van der Waals surface area contributed by atoms with Crippen molar-refractivity contribution in [3.05, 3.63) is 18.6 Å². The van der Waals surface area contributed by atoms with E-state index >= 15 is 0 Å². The number of halogens is 1. The molecule has 0 amide bonds. The highest BCUT2D eigenvalue weighted by Gasteiger charge is 2.20. The molecule has 0 aliphatic heterocycles. The Bertz CT molecular complexity index is 346. The number of hydrogen-bond acceptors (Lipinski definition) is 3. The lowest BCUT2D eigenvalue weighted by Crippen LogP contribution is -2.28. The van der Waals surface area contributed by atoms with E-state index < -0.39 is 16.7 Å². The molecule has 0 radical (unpaired) electrons. The number of sulfonamides is 1. The van der Waals surface area contributed by atoms with E-state index in [4.69, 9.17) is 0 Å². The molecule has 0 N–H and O–H groups in total. The smallest absolute Gasteiger partial charge is 0.246 e. The lowest BCUT2D eigenvalue weighted by Gasteiger charge is -2.13. The minimum absolute atomic E-state index is 0.0449. The predicted octanol–water partition coefficient (Wildman–Crippen LogP) is 0.870. The summed E-state index contributed by atoms with van der Waals surface area (Å²) < 4.78 is 40.4. The summed E-state index contributed by atoms with van der Waals surface area (Å²) in [6.07, 6.45) is 2.38. The van der Waals surface area contributed by atoms with Crippen molar-refractivity contribution in [3.63, 3.8) is 0 Å². The fraction of sp³-hybridized carbons (Fsp3) is 0.429. The Kier molecular flexibility index (Phi) is 3.05. The average Bonchev–Trinajstić information content (AvgIpc) is 2.56. The van der Waals surface area contributed by atoms with Gasteiger partial charge in [-0.2, -0.15) is 4.31 Å². The van der Waals surface area contributed by atoms with Crippen LogP contribution in [-0.4, -0.2) is 33.0 Å². The summed E-state index contributed by atoms with van der Waals surface area (Å²) in [6, 6.07) is 1.32. The van der Waals surface area contributed by atoms with Gasteiger partial charge >= 0.3 is 0 Å². The van der Waals surface area contributed by atoms with Gasteiger partial charge in [0.1, 0.15) is 17.8 Å². The summed E-state index contributed by atoms with van der Waals surface area (Å²) in [6.45, 7) is -0.846. The lowest BCUT2D eigenvalue weighted by atomic mass is 10.7. The molecule has 13 heavy (non-hydrogen) atoms. The molecule has 1 heterocycles. The van der Waals surface area contributed by atoms with Crippen molar-refractivity contribution in [1.29, 1.82) is 0 Å². The Morgan fingerprint density at radius 2 is 2.31 bits per heavy atom. The first kappa shape index (κ1) is 10.2. The summed E-state index contributed by atoms with van der Waals surface area (Å²) in [5, 5.41) is 0. The second-order valence-electron chi connectivity index (χ2n) is 2.47. The van der Waals surface area contributed by atoms with Gasteiger partial charge in [-0.3, -0.25) is 0 Å². The van der Waals surface area contributed by atoms with Gasteiger partial charge in [-0.25, -0.2) is 12.8 Å². The molecule has 0 atom stereocenters. The quantitative estimate of drug-likeness (QED) is 0.736. The normalized spacial score (nSPS) is 12.2. The zero-order valence-electron chi connectivity index (χ0n) is 7.10. The van der Waals surface area contributed by atoms with Gasteiger partial charge in [0, 0.05) is 13.6 Å². The Hall–Kier alpha value is -0.880. The van der Waals surface area contributed by atoms with Gasteiger partial charge in [0.2, 0.25) is 10.0 Å². The third kappa shape index (κ3) is 2.07. The monoisotopic (exact) mass is 207 g/mol. The van der Waals surface area contributed by atoms with E-state index in [2.05, 4.69) is 4.42 Å². The Morgan fingerprint density at radius 1 is 1.62 bits per heavy atom. The first-order valence-electron chi connectivity index (χ1n) is 3.63. The third-order valence-corrected chi connectivity index (χ3v) is 3.43. The first-order valence-corrected chi connectivity index (χ1v) is 5.07. The van der Waals surface area contributed by atoms with Gasteiger partial charge in [0.15, 0.2) is 0 Å². The van der Waals surface area contributed by atoms with Crippen LogP contribution in [0.3, 0.4) is 0 Å². The van der Waals surface area contributed by atoms with Gasteiger partial charge in [0.25, 0.3) is 0 Å². The number of nitrogens with zero attached hydrogens (tertiary/aromatic N) is 1. The SMILES string of the molecule is CN(CCF)S(=O)(=O)c1ccoc1. The van der Waals surface area contributed by atoms with Crippen LogP contribution >= 0.6 is 0 Å². The van der Waals surface area contributed by atoms with Crippen molar-refractivity contribution in [2.24, 2.45) is 0 Å². The van der Waals surface area contributed by atoms with Gasteiger partial charge in [0.05, 0.1) is 6.26 Å². The van der Waals surface area contributed by atoms with Crippen LogP contribution in [0.4, 0.5) is 4.39 Å². The van der Waals surface area contributed by atoms with Crippen LogP contribution in [-0.2, 0) is 10.0 Å². The minimum atomic E-state index is -3.56. The molecule has 1 aromatic rings. The zero-order chi connectivity index (χ0) is 9.90. The fourth-order valence-corrected chi connectivity index (χ4v) is 1.89. The minimum Gasteiger partial charge on any atom is -0.471 e. The molecule has 74 valence electrons. The Labute approximate surface area is 76.0 Å². The van der Waals surface area contributed by atoms with E-state index in [1.54, 1.807) is 0 Å². The van der Waals surface area contributed by atoms with Gasteiger partial charge < -0.3 is 4.42 Å². The van der Waals surface area contributed by atoms with Crippen LogP contribution in [0.15, 0.2) is 27.9 Å². The van der Waals surface area contributed by atoms with E-state index in [-0.39, 0.29) is 11.4 Å². The van der Waals surface area contributed by atoms with Crippen LogP contribution in [0.2, 0.25) is 0 Å². The molecule has 0 fully saturated rings. The molecule has 6 heteroatoms. The molecule has 0 aliphatic carbocycles. The maximum absolute atomic E-state index is 11.9. The molecule has 0 saturated heterocycles. The van der Waals surface area contributed by atoms with Crippen molar-refractivity contribution in [2.75, 3.05) is 20.3 Å². The Morgan fingerprint density at radius 3 is 2.77 bits per heavy atom. The number of alkyl halides is 1. The van der Waals surface area contributed by atoms with Gasteiger partial charge in [-0.15, -0.1) is 0 Å². The second-order valence-corrected chi connectivity index (χ2v) is 4.52. The molecular weight excluding hydrogens is 197 g/mol. The molecule has 0 unspecified atom stereocenters. The summed E-state index contributed by atoms with van der Waals surface area (Å²) >= 11 is 0. The molecule has 0 bridgehead atoms. The molecule has 1 rings (SSSR count). The maximum atomic E-state index is 11.9. The van der Waals surface area contributed by atoms with Crippen LogP contribution in [0.5, 0.6) is 0 Å². The predicted molar refractivity (Wildman–Crippen MR) is 44.5 cm³/mol. The standard InChI is InChI=1S/C7H10FNO3S/c1-9(4-3-8)13(10,11)7-2-5-12-6-7/h2,5-6H,3-4H2,1H3.